The van der Waals surface area contributed by atoms with Crippen molar-refractivity contribution < 1.29 is 27.2 Å². The highest BCUT2D eigenvalue weighted by molar-refractivity contribution is 5.95. The third-order valence-corrected chi connectivity index (χ3v) is 3.00. The average molecular weight is 335 g/mol. The summed E-state index contributed by atoms with van der Waals surface area (Å²) in [4.78, 5) is 23.2. The zero-order valence-electron chi connectivity index (χ0n) is 12.5. The predicted octanol–water partition coefficient (Wildman–Crippen LogP) is 1.88. The van der Waals surface area contributed by atoms with Crippen molar-refractivity contribution >= 4 is 17.5 Å². The van der Waals surface area contributed by atoms with Crippen LogP contribution in [0.4, 0.5) is 23.2 Å². The van der Waals surface area contributed by atoms with Crippen molar-refractivity contribution in [2.24, 2.45) is 11.7 Å². The van der Waals surface area contributed by atoms with E-state index in [1.54, 1.807) is 13.8 Å². The molecule has 0 aromatic heterocycles. The van der Waals surface area contributed by atoms with Crippen LogP contribution in [0.25, 0.3) is 0 Å². The Hall–Kier alpha value is -2.16. The van der Waals surface area contributed by atoms with Crippen LogP contribution in [0, 0.1) is 11.7 Å². The van der Waals surface area contributed by atoms with Crippen LogP contribution in [-0.2, 0) is 15.8 Å². The zero-order valence-corrected chi connectivity index (χ0v) is 12.5. The summed E-state index contributed by atoms with van der Waals surface area (Å²) in [7, 11) is 0. The van der Waals surface area contributed by atoms with Gasteiger partial charge in [0.15, 0.2) is 0 Å². The topological polar surface area (TPSA) is 84.2 Å². The summed E-state index contributed by atoms with van der Waals surface area (Å²) in [5, 5.41) is 4.41. The van der Waals surface area contributed by atoms with Crippen LogP contribution in [0.5, 0.6) is 0 Å². The Morgan fingerprint density at radius 3 is 2.39 bits per heavy atom. The molecule has 128 valence electrons. The molecule has 0 radical (unpaired) electrons. The van der Waals surface area contributed by atoms with Gasteiger partial charge in [-0.25, -0.2) is 4.39 Å². The second-order valence-electron chi connectivity index (χ2n) is 5.23. The first-order chi connectivity index (χ1) is 10.5. The maximum atomic E-state index is 13.1. The van der Waals surface area contributed by atoms with Gasteiger partial charge in [0, 0.05) is 5.69 Å². The van der Waals surface area contributed by atoms with Crippen LogP contribution < -0.4 is 16.4 Å². The van der Waals surface area contributed by atoms with Crippen molar-refractivity contribution in [3.05, 3.63) is 29.6 Å². The fraction of sp³-hybridized carbons (Fsp3) is 0.429. The summed E-state index contributed by atoms with van der Waals surface area (Å²) >= 11 is 0. The van der Waals surface area contributed by atoms with E-state index >= 15 is 0 Å². The molecule has 1 aromatic rings. The molecule has 0 saturated heterocycles. The number of alkyl halides is 3. The van der Waals surface area contributed by atoms with Crippen LogP contribution in [0.1, 0.15) is 19.4 Å². The largest absolute Gasteiger partial charge is 0.419 e. The summed E-state index contributed by atoms with van der Waals surface area (Å²) in [5.41, 5.74) is 3.86. The summed E-state index contributed by atoms with van der Waals surface area (Å²) in [5.74, 6) is -2.88. The van der Waals surface area contributed by atoms with Gasteiger partial charge in [-0.2, -0.15) is 13.2 Å². The Bertz CT molecular complexity index is 588. The normalized spacial score (nSPS) is 12.9. The number of hydrogen-bond donors (Lipinski definition) is 3. The minimum atomic E-state index is -4.87. The molecule has 0 saturated carbocycles. The molecule has 1 aromatic carbocycles. The van der Waals surface area contributed by atoms with Crippen LogP contribution in [0.3, 0.4) is 0 Å². The standard InChI is InChI=1S/C14H17F4N3O2/c1-7(2)12(19)13(23)20-6-11(22)21-8-3-4-10(15)9(5-8)14(16,17)18/h3-5,7,12H,6,19H2,1-2H3,(H,20,23)(H,21,22)/t12-/m0/s1. The highest BCUT2D eigenvalue weighted by Crippen LogP contribution is 2.32. The molecule has 0 aliphatic heterocycles. The van der Waals surface area contributed by atoms with Gasteiger partial charge in [0.25, 0.3) is 0 Å². The quantitative estimate of drug-likeness (QED) is 0.719. The van der Waals surface area contributed by atoms with Crippen molar-refractivity contribution in [3.8, 4) is 0 Å². The van der Waals surface area contributed by atoms with Crippen LogP contribution in [0.15, 0.2) is 18.2 Å². The van der Waals surface area contributed by atoms with E-state index in [4.69, 9.17) is 5.73 Å². The van der Waals surface area contributed by atoms with E-state index in [1.807, 2.05) is 0 Å². The molecule has 1 atom stereocenters. The highest BCUT2D eigenvalue weighted by Gasteiger charge is 2.34. The molecule has 0 heterocycles. The summed E-state index contributed by atoms with van der Waals surface area (Å²) in [6, 6.07) is 1.27. The molecule has 0 bridgehead atoms. The number of nitrogens with one attached hydrogen (secondary N) is 2. The van der Waals surface area contributed by atoms with E-state index in [-0.39, 0.29) is 11.6 Å². The van der Waals surface area contributed by atoms with Gasteiger partial charge in [-0.3, -0.25) is 9.59 Å². The molecular formula is C14H17F4N3O2. The van der Waals surface area contributed by atoms with Gasteiger partial charge in [-0.1, -0.05) is 13.8 Å². The van der Waals surface area contributed by atoms with E-state index in [0.717, 1.165) is 6.07 Å². The number of hydrogen-bond acceptors (Lipinski definition) is 3. The van der Waals surface area contributed by atoms with Gasteiger partial charge in [-0.15, -0.1) is 0 Å². The highest BCUT2D eigenvalue weighted by atomic mass is 19.4. The smallest absolute Gasteiger partial charge is 0.346 e. The number of nitrogens with two attached hydrogens (primary N) is 1. The van der Waals surface area contributed by atoms with Gasteiger partial charge in [0.2, 0.25) is 11.8 Å². The van der Waals surface area contributed by atoms with Gasteiger partial charge in [-0.05, 0) is 24.1 Å². The van der Waals surface area contributed by atoms with Crippen molar-refractivity contribution in [3.63, 3.8) is 0 Å². The minimum Gasteiger partial charge on any atom is -0.346 e. The van der Waals surface area contributed by atoms with E-state index in [1.165, 1.54) is 0 Å². The van der Waals surface area contributed by atoms with Gasteiger partial charge in [0.1, 0.15) is 5.82 Å². The van der Waals surface area contributed by atoms with Gasteiger partial charge in [0.05, 0.1) is 18.2 Å². The number of rotatable bonds is 5. The molecule has 0 spiro atoms. The van der Waals surface area contributed by atoms with E-state index < -0.39 is 42.0 Å². The minimum absolute atomic E-state index is 0.135. The molecule has 23 heavy (non-hydrogen) atoms. The first-order valence-electron chi connectivity index (χ1n) is 6.72. The number of carbonyl (C=O) groups is 2. The monoisotopic (exact) mass is 335 g/mol. The molecule has 0 aliphatic rings. The number of carbonyl (C=O) groups excluding carboxylic acids is 2. The average Bonchev–Trinajstić information content (AvgIpc) is 2.44. The van der Waals surface area contributed by atoms with E-state index in [2.05, 4.69) is 10.6 Å². The third kappa shape index (κ3) is 5.51. The van der Waals surface area contributed by atoms with Crippen LogP contribution in [-0.4, -0.2) is 24.4 Å². The number of halogens is 4. The van der Waals surface area contributed by atoms with Crippen molar-refractivity contribution in [2.75, 3.05) is 11.9 Å². The van der Waals surface area contributed by atoms with Crippen molar-refractivity contribution in [1.82, 2.24) is 5.32 Å². The van der Waals surface area contributed by atoms with Crippen molar-refractivity contribution in [1.29, 1.82) is 0 Å². The lowest BCUT2D eigenvalue weighted by Crippen LogP contribution is -2.46. The molecule has 1 rings (SSSR count). The fourth-order valence-corrected chi connectivity index (χ4v) is 1.61. The second-order valence-corrected chi connectivity index (χ2v) is 5.23. The molecule has 0 unspecified atom stereocenters. The second kappa shape index (κ2) is 7.40. The van der Waals surface area contributed by atoms with Crippen molar-refractivity contribution in [2.45, 2.75) is 26.1 Å². The SMILES string of the molecule is CC(C)[C@H](N)C(=O)NCC(=O)Nc1ccc(F)c(C(F)(F)F)c1. The first kappa shape index (κ1) is 18.9. The number of benzene rings is 1. The van der Waals surface area contributed by atoms with Crippen LogP contribution >= 0.6 is 0 Å². The molecule has 0 fully saturated rings. The number of amides is 2. The molecule has 9 heteroatoms. The van der Waals surface area contributed by atoms with Crippen LogP contribution in [0.2, 0.25) is 0 Å². The van der Waals surface area contributed by atoms with E-state index in [9.17, 15) is 27.2 Å². The number of anilines is 1. The fourth-order valence-electron chi connectivity index (χ4n) is 1.61. The summed E-state index contributed by atoms with van der Waals surface area (Å²) < 4.78 is 50.8. The maximum absolute atomic E-state index is 13.1. The molecule has 2 amide bonds. The summed E-state index contributed by atoms with van der Waals surface area (Å²) in [6.07, 6.45) is -4.87. The Labute approximate surface area is 130 Å². The Kier molecular flexibility index (Phi) is 6.08. The lowest BCUT2D eigenvalue weighted by atomic mass is 10.1. The maximum Gasteiger partial charge on any atom is 0.419 e. The van der Waals surface area contributed by atoms with Gasteiger partial charge < -0.3 is 16.4 Å². The Balaban J connectivity index is 2.67. The predicted molar refractivity (Wildman–Crippen MR) is 75.9 cm³/mol. The van der Waals surface area contributed by atoms with Gasteiger partial charge >= 0.3 is 6.18 Å². The molecule has 0 aliphatic carbocycles. The summed E-state index contributed by atoms with van der Waals surface area (Å²) in [6.45, 7) is 2.99. The lowest BCUT2D eigenvalue weighted by Gasteiger charge is -2.15. The van der Waals surface area contributed by atoms with E-state index in [0.29, 0.717) is 12.1 Å². The Morgan fingerprint density at radius 1 is 1.26 bits per heavy atom. The molecular weight excluding hydrogens is 318 g/mol. The molecule has 4 N–H and O–H groups in total. The third-order valence-electron chi connectivity index (χ3n) is 3.00. The zero-order chi connectivity index (χ0) is 17.8. The lowest BCUT2D eigenvalue weighted by molar-refractivity contribution is -0.140. The Morgan fingerprint density at radius 2 is 1.87 bits per heavy atom. The molecule has 5 nitrogen and oxygen atoms in total. The first-order valence-corrected chi connectivity index (χ1v) is 6.72.